The molecule has 1 aromatic rings. The van der Waals surface area contributed by atoms with Crippen LogP contribution in [0, 0.1) is 0 Å². The van der Waals surface area contributed by atoms with Crippen LogP contribution in [0.1, 0.15) is 19.3 Å². The van der Waals surface area contributed by atoms with E-state index in [1.807, 2.05) is 24.3 Å². The minimum atomic E-state index is -0.201. The molecule has 0 saturated carbocycles. The number of nitrogens with zero attached hydrogens (tertiary/aromatic N) is 3. The first-order valence-electron chi connectivity index (χ1n) is 7.79. The second kappa shape index (κ2) is 5.16. The molecule has 2 atom stereocenters. The van der Waals surface area contributed by atoms with Crippen LogP contribution in [0.15, 0.2) is 24.3 Å². The lowest BCUT2D eigenvalue weighted by molar-refractivity contribution is -0.129. The van der Waals surface area contributed by atoms with Gasteiger partial charge in [-0.15, -0.1) is 0 Å². The van der Waals surface area contributed by atoms with Crippen molar-refractivity contribution in [2.45, 2.75) is 31.3 Å². The summed E-state index contributed by atoms with van der Waals surface area (Å²) < 4.78 is 0. The Morgan fingerprint density at radius 1 is 1.14 bits per heavy atom. The van der Waals surface area contributed by atoms with Crippen molar-refractivity contribution >= 4 is 29.2 Å². The number of hydrogen-bond donors (Lipinski definition) is 0. The lowest BCUT2D eigenvalue weighted by atomic mass is 10.2. The smallest absolute Gasteiger partial charge is 0.327 e. The van der Waals surface area contributed by atoms with Crippen molar-refractivity contribution in [2.24, 2.45) is 0 Å². The van der Waals surface area contributed by atoms with Gasteiger partial charge in [0.05, 0.1) is 6.04 Å². The van der Waals surface area contributed by atoms with Gasteiger partial charge in [0, 0.05) is 30.3 Å². The summed E-state index contributed by atoms with van der Waals surface area (Å²) in [6, 6.07) is 7.40. The van der Waals surface area contributed by atoms with E-state index in [0.29, 0.717) is 11.6 Å². The first-order valence-corrected chi connectivity index (χ1v) is 8.17. The fourth-order valence-corrected chi connectivity index (χ4v) is 4.03. The third kappa shape index (κ3) is 2.07. The van der Waals surface area contributed by atoms with E-state index in [1.165, 1.54) is 4.90 Å². The second-order valence-electron chi connectivity index (χ2n) is 6.21. The van der Waals surface area contributed by atoms with Gasteiger partial charge in [-0.1, -0.05) is 17.7 Å². The van der Waals surface area contributed by atoms with Crippen molar-refractivity contribution in [3.05, 3.63) is 29.3 Å². The zero-order valence-corrected chi connectivity index (χ0v) is 13.0. The maximum atomic E-state index is 12.5. The Morgan fingerprint density at radius 2 is 2.00 bits per heavy atom. The van der Waals surface area contributed by atoms with Gasteiger partial charge in [-0.3, -0.25) is 9.69 Å². The van der Waals surface area contributed by atoms with Crippen LogP contribution in [-0.4, -0.2) is 53.5 Å². The number of rotatable bonds is 2. The Labute approximate surface area is 134 Å². The van der Waals surface area contributed by atoms with Crippen molar-refractivity contribution < 1.29 is 9.59 Å². The average Bonchev–Trinajstić information content (AvgIpc) is 3.19. The first kappa shape index (κ1) is 13.9. The third-order valence-corrected chi connectivity index (χ3v) is 5.16. The van der Waals surface area contributed by atoms with Crippen LogP contribution < -0.4 is 4.90 Å². The molecule has 0 spiro atoms. The molecule has 3 heterocycles. The highest BCUT2D eigenvalue weighted by atomic mass is 35.5. The van der Waals surface area contributed by atoms with E-state index in [0.717, 1.165) is 38.0 Å². The first-order chi connectivity index (χ1) is 10.6. The van der Waals surface area contributed by atoms with Crippen LogP contribution >= 0.6 is 11.6 Å². The summed E-state index contributed by atoms with van der Waals surface area (Å²) in [5.41, 5.74) is 1.05. The average molecular weight is 320 g/mol. The molecule has 1 aromatic carbocycles. The minimum Gasteiger partial charge on any atom is -0.369 e. The third-order valence-electron chi connectivity index (χ3n) is 4.93. The molecule has 0 aromatic heterocycles. The molecule has 3 fully saturated rings. The predicted molar refractivity (Wildman–Crippen MR) is 84.0 cm³/mol. The molecule has 22 heavy (non-hydrogen) atoms. The Kier molecular flexibility index (Phi) is 3.26. The molecule has 0 radical (unpaired) electrons. The van der Waals surface area contributed by atoms with Crippen LogP contribution in [0.25, 0.3) is 0 Å². The molecule has 116 valence electrons. The minimum absolute atomic E-state index is 0.000411. The molecule has 6 heteroatoms. The largest absolute Gasteiger partial charge is 0.369 e. The van der Waals surface area contributed by atoms with Crippen LogP contribution in [0.3, 0.4) is 0 Å². The topological polar surface area (TPSA) is 43.9 Å². The molecular weight excluding hydrogens is 302 g/mol. The summed E-state index contributed by atoms with van der Waals surface area (Å²) in [5.74, 6) is 0.000411. The number of halogens is 1. The van der Waals surface area contributed by atoms with Crippen LogP contribution in [-0.2, 0) is 4.79 Å². The van der Waals surface area contributed by atoms with Crippen molar-refractivity contribution in [1.82, 2.24) is 9.80 Å². The van der Waals surface area contributed by atoms with Gasteiger partial charge in [0.2, 0.25) is 0 Å². The van der Waals surface area contributed by atoms with Crippen molar-refractivity contribution in [2.75, 3.05) is 24.5 Å². The van der Waals surface area contributed by atoms with E-state index in [1.54, 1.807) is 4.90 Å². The Hall–Kier alpha value is -1.75. The fraction of sp³-hybridized carbons (Fsp3) is 0.500. The lowest BCUT2D eigenvalue weighted by Gasteiger charge is -2.24. The molecule has 5 nitrogen and oxygen atoms in total. The Balaban J connectivity index is 1.51. The van der Waals surface area contributed by atoms with E-state index in [4.69, 9.17) is 11.6 Å². The molecule has 0 aliphatic carbocycles. The number of carbonyl (C=O) groups excluding carboxylic acids is 2. The van der Waals surface area contributed by atoms with Crippen LogP contribution in [0.2, 0.25) is 5.02 Å². The van der Waals surface area contributed by atoms with Crippen molar-refractivity contribution in [3.63, 3.8) is 0 Å². The molecule has 0 N–H and O–H groups in total. The van der Waals surface area contributed by atoms with Gasteiger partial charge in [-0.2, -0.15) is 0 Å². The number of urea groups is 1. The lowest BCUT2D eigenvalue weighted by Crippen LogP contribution is -2.43. The summed E-state index contributed by atoms with van der Waals surface area (Å²) in [4.78, 5) is 30.4. The SMILES string of the molecule is O=C1[C@H]2CCCN2C(=O)N1[C@@H]1CCN(c2cccc(Cl)c2)C1. The summed E-state index contributed by atoms with van der Waals surface area (Å²) in [5, 5.41) is 0.704. The van der Waals surface area contributed by atoms with Gasteiger partial charge in [-0.25, -0.2) is 4.79 Å². The van der Waals surface area contributed by atoms with Gasteiger partial charge in [0.1, 0.15) is 6.04 Å². The highest BCUT2D eigenvalue weighted by molar-refractivity contribution is 6.30. The van der Waals surface area contributed by atoms with E-state index >= 15 is 0 Å². The molecule has 3 amide bonds. The highest BCUT2D eigenvalue weighted by Crippen LogP contribution is 2.32. The summed E-state index contributed by atoms with van der Waals surface area (Å²) in [6.45, 7) is 2.25. The number of imide groups is 1. The molecular formula is C16H18ClN3O2. The second-order valence-corrected chi connectivity index (χ2v) is 6.65. The fourth-order valence-electron chi connectivity index (χ4n) is 3.84. The monoisotopic (exact) mass is 319 g/mol. The summed E-state index contributed by atoms with van der Waals surface area (Å²) in [6.07, 6.45) is 2.58. The van der Waals surface area contributed by atoms with E-state index < -0.39 is 0 Å². The Bertz CT molecular complexity index is 614. The standard InChI is InChI=1S/C16H18ClN3O2/c17-11-3-1-4-12(9-11)18-8-6-13(10-18)20-15(21)14-5-2-7-19(14)16(20)22/h1,3-4,9,13-14H,2,5-8,10H2/t13-,14-/m1/s1. The van der Waals surface area contributed by atoms with E-state index in [-0.39, 0.29) is 24.0 Å². The highest BCUT2D eigenvalue weighted by Gasteiger charge is 2.50. The number of carbonyl (C=O) groups is 2. The number of amides is 3. The summed E-state index contributed by atoms with van der Waals surface area (Å²) >= 11 is 6.05. The number of fused-ring (bicyclic) bond motifs is 1. The normalized spacial score (nSPS) is 28.0. The zero-order chi connectivity index (χ0) is 15.3. The predicted octanol–water partition coefficient (Wildman–Crippen LogP) is 2.35. The van der Waals surface area contributed by atoms with Gasteiger partial charge in [0.15, 0.2) is 0 Å². The van der Waals surface area contributed by atoms with Gasteiger partial charge < -0.3 is 9.80 Å². The quantitative estimate of drug-likeness (QED) is 0.786. The van der Waals surface area contributed by atoms with Gasteiger partial charge in [0.25, 0.3) is 5.91 Å². The summed E-state index contributed by atoms with van der Waals surface area (Å²) in [7, 11) is 0. The molecule has 4 rings (SSSR count). The number of hydrogen-bond acceptors (Lipinski definition) is 3. The maximum Gasteiger partial charge on any atom is 0.327 e. The van der Waals surface area contributed by atoms with Crippen LogP contribution in [0.5, 0.6) is 0 Å². The van der Waals surface area contributed by atoms with Gasteiger partial charge in [-0.05, 0) is 37.5 Å². The molecule has 3 saturated heterocycles. The molecule has 0 unspecified atom stereocenters. The van der Waals surface area contributed by atoms with Crippen molar-refractivity contribution in [1.29, 1.82) is 0 Å². The van der Waals surface area contributed by atoms with E-state index in [2.05, 4.69) is 4.90 Å². The maximum absolute atomic E-state index is 12.5. The van der Waals surface area contributed by atoms with Gasteiger partial charge >= 0.3 is 6.03 Å². The molecule has 3 aliphatic heterocycles. The van der Waals surface area contributed by atoms with E-state index in [9.17, 15) is 9.59 Å². The molecule has 0 bridgehead atoms. The van der Waals surface area contributed by atoms with Crippen LogP contribution in [0.4, 0.5) is 10.5 Å². The number of anilines is 1. The Morgan fingerprint density at radius 3 is 2.77 bits per heavy atom. The van der Waals surface area contributed by atoms with Crippen molar-refractivity contribution in [3.8, 4) is 0 Å². The number of benzene rings is 1. The zero-order valence-electron chi connectivity index (χ0n) is 12.2. The molecule has 3 aliphatic rings.